The normalized spacial score (nSPS) is 18.0. The largest absolute Gasteiger partial charge is 0.340 e. The van der Waals surface area contributed by atoms with Gasteiger partial charge in [-0.3, -0.25) is 14.3 Å². The Balaban J connectivity index is 1.67. The molecule has 3 rings (SSSR count). The lowest BCUT2D eigenvalue weighted by Crippen LogP contribution is -2.43. The first-order valence-electron chi connectivity index (χ1n) is 8.33. The number of piperidine rings is 1. The molecule has 0 bridgehead atoms. The standard InChI is InChI=1S/C18H23N3O2S/c1-12-13(2)19-21(14(12)3)11-17(22)20-8-4-6-15(10-20)18(23)16-7-5-9-24-16/h5,7,9,15H,4,6,8,10-11H2,1-3H3/t15-/m0/s1. The van der Waals surface area contributed by atoms with Crippen LogP contribution in [0.15, 0.2) is 17.5 Å². The predicted octanol–water partition coefficient (Wildman–Crippen LogP) is 2.99. The van der Waals surface area contributed by atoms with Gasteiger partial charge in [-0.25, -0.2) is 0 Å². The van der Waals surface area contributed by atoms with Gasteiger partial charge < -0.3 is 4.90 Å². The molecular formula is C18H23N3O2S. The Labute approximate surface area is 146 Å². The third-order valence-corrected chi connectivity index (χ3v) is 5.82. The monoisotopic (exact) mass is 345 g/mol. The van der Waals surface area contributed by atoms with Crippen LogP contribution in [-0.4, -0.2) is 39.5 Å². The first-order valence-corrected chi connectivity index (χ1v) is 9.21. The van der Waals surface area contributed by atoms with Gasteiger partial charge >= 0.3 is 0 Å². The van der Waals surface area contributed by atoms with Crippen molar-refractivity contribution in [2.45, 2.75) is 40.2 Å². The molecule has 0 unspecified atom stereocenters. The van der Waals surface area contributed by atoms with E-state index in [-0.39, 0.29) is 24.2 Å². The highest BCUT2D eigenvalue weighted by molar-refractivity contribution is 7.12. The SMILES string of the molecule is Cc1nn(CC(=O)N2CCC[C@H](C(=O)c3cccs3)C2)c(C)c1C. The number of aromatic nitrogens is 2. The number of nitrogens with zero attached hydrogens (tertiary/aromatic N) is 3. The van der Waals surface area contributed by atoms with E-state index in [0.717, 1.165) is 41.2 Å². The van der Waals surface area contributed by atoms with E-state index in [1.807, 2.05) is 43.2 Å². The average molecular weight is 345 g/mol. The number of rotatable bonds is 4. The van der Waals surface area contributed by atoms with Crippen LogP contribution in [0.25, 0.3) is 0 Å². The van der Waals surface area contributed by atoms with Crippen molar-refractivity contribution in [3.63, 3.8) is 0 Å². The quantitative estimate of drug-likeness (QED) is 0.801. The van der Waals surface area contributed by atoms with Gasteiger partial charge in [0.2, 0.25) is 5.91 Å². The smallest absolute Gasteiger partial charge is 0.244 e. The molecule has 1 amide bonds. The zero-order chi connectivity index (χ0) is 17.3. The zero-order valence-corrected chi connectivity index (χ0v) is 15.2. The number of Topliss-reactive ketones (excluding diaryl/α,β-unsaturated/α-hetero) is 1. The summed E-state index contributed by atoms with van der Waals surface area (Å²) in [6, 6.07) is 3.77. The zero-order valence-electron chi connectivity index (χ0n) is 14.4. The number of ketones is 1. The maximum Gasteiger partial charge on any atom is 0.244 e. The fourth-order valence-electron chi connectivity index (χ4n) is 3.21. The molecular weight excluding hydrogens is 322 g/mol. The van der Waals surface area contributed by atoms with Gasteiger partial charge in [-0.05, 0) is 50.6 Å². The molecule has 128 valence electrons. The minimum Gasteiger partial charge on any atom is -0.340 e. The Bertz CT molecular complexity index is 749. The van der Waals surface area contributed by atoms with Gasteiger partial charge in [0.25, 0.3) is 0 Å². The fraction of sp³-hybridized carbons (Fsp3) is 0.500. The summed E-state index contributed by atoms with van der Waals surface area (Å²) in [6.45, 7) is 7.47. The number of likely N-dealkylation sites (tertiary alicyclic amines) is 1. The summed E-state index contributed by atoms with van der Waals surface area (Å²) in [5.41, 5.74) is 3.13. The second-order valence-corrected chi connectivity index (χ2v) is 7.42. The molecule has 5 nitrogen and oxygen atoms in total. The Kier molecular flexibility index (Phi) is 4.85. The number of hydrogen-bond acceptors (Lipinski definition) is 4. The van der Waals surface area contributed by atoms with Crippen LogP contribution in [0.1, 0.15) is 39.5 Å². The number of carbonyl (C=O) groups is 2. The molecule has 0 aromatic carbocycles. The Morgan fingerprint density at radius 3 is 2.75 bits per heavy atom. The summed E-state index contributed by atoms with van der Waals surface area (Å²) in [6.07, 6.45) is 1.74. The molecule has 0 spiro atoms. The van der Waals surface area contributed by atoms with E-state index in [1.165, 1.54) is 11.3 Å². The number of aryl methyl sites for hydroxylation is 1. The lowest BCUT2D eigenvalue weighted by atomic mass is 9.93. The molecule has 0 N–H and O–H groups in total. The Morgan fingerprint density at radius 1 is 1.33 bits per heavy atom. The summed E-state index contributed by atoms with van der Waals surface area (Å²) in [7, 11) is 0. The molecule has 0 saturated carbocycles. The second-order valence-electron chi connectivity index (χ2n) is 6.47. The van der Waals surface area contributed by atoms with Crippen molar-refractivity contribution >= 4 is 23.0 Å². The van der Waals surface area contributed by atoms with Gasteiger partial charge in [-0.2, -0.15) is 5.10 Å². The summed E-state index contributed by atoms with van der Waals surface area (Å²) in [4.78, 5) is 27.8. The molecule has 24 heavy (non-hydrogen) atoms. The van der Waals surface area contributed by atoms with Crippen LogP contribution < -0.4 is 0 Å². The maximum atomic E-state index is 12.7. The lowest BCUT2D eigenvalue weighted by molar-refractivity contribution is -0.133. The summed E-state index contributed by atoms with van der Waals surface area (Å²) >= 11 is 1.48. The van der Waals surface area contributed by atoms with E-state index >= 15 is 0 Å². The molecule has 1 saturated heterocycles. The van der Waals surface area contributed by atoms with Gasteiger partial charge in [-0.15, -0.1) is 11.3 Å². The van der Waals surface area contributed by atoms with Crippen molar-refractivity contribution in [1.29, 1.82) is 0 Å². The van der Waals surface area contributed by atoms with Crippen LogP contribution in [0, 0.1) is 26.7 Å². The van der Waals surface area contributed by atoms with E-state index in [0.29, 0.717) is 6.54 Å². The van der Waals surface area contributed by atoms with Crippen LogP contribution >= 0.6 is 11.3 Å². The van der Waals surface area contributed by atoms with Crippen LogP contribution in [0.3, 0.4) is 0 Å². The Hall–Kier alpha value is -1.95. The van der Waals surface area contributed by atoms with Crippen molar-refractivity contribution in [3.05, 3.63) is 39.3 Å². The topological polar surface area (TPSA) is 55.2 Å². The average Bonchev–Trinajstić information content (AvgIpc) is 3.20. The van der Waals surface area contributed by atoms with E-state index in [1.54, 1.807) is 4.68 Å². The van der Waals surface area contributed by atoms with E-state index in [2.05, 4.69) is 5.10 Å². The van der Waals surface area contributed by atoms with Crippen molar-refractivity contribution in [2.75, 3.05) is 13.1 Å². The molecule has 1 fully saturated rings. The predicted molar refractivity (Wildman–Crippen MR) is 94.4 cm³/mol. The number of carbonyl (C=O) groups excluding carboxylic acids is 2. The number of hydrogen-bond donors (Lipinski definition) is 0. The molecule has 6 heteroatoms. The maximum absolute atomic E-state index is 12.7. The van der Waals surface area contributed by atoms with Gasteiger partial charge in [-0.1, -0.05) is 6.07 Å². The third-order valence-electron chi connectivity index (χ3n) is 4.94. The lowest BCUT2D eigenvalue weighted by Gasteiger charge is -2.32. The van der Waals surface area contributed by atoms with Crippen LogP contribution in [0.5, 0.6) is 0 Å². The van der Waals surface area contributed by atoms with Gasteiger partial charge in [0.1, 0.15) is 6.54 Å². The molecule has 2 aromatic heterocycles. The fourth-order valence-corrected chi connectivity index (χ4v) is 3.95. The molecule has 1 atom stereocenters. The summed E-state index contributed by atoms with van der Waals surface area (Å²) in [5, 5.41) is 6.36. The van der Waals surface area contributed by atoms with E-state index < -0.39 is 0 Å². The van der Waals surface area contributed by atoms with Gasteiger partial charge in [0.15, 0.2) is 5.78 Å². The summed E-state index contributed by atoms with van der Waals surface area (Å²) < 4.78 is 1.78. The molecule has 0 aliphatic carbocycles. The minimum atomic E-state index is -0.0801. The van der Waals surface area contributed by atoms with E-state index in [9.17, 15) is 9.59 Å². The van der Waals surface area contributed by atoms with Crippen molar-refractivity contribution in [1.82, 2.24) is 14.7 Å². The van der Waals surface area contributed by atoms with Crippen LogP contribution in [0.2, 0.25) is 0 Å². The third kappa shape index (κ3) is 3.29. The van der Waals surface area contributed by atoms with Crippen LogP contribution in [0.4, 0.5) is 0 Å². The van der Waals surface area contributed by atoms with Crippen molar-refractivity contribution in [2.24, 2.45) is 5.92 Å². The van der Waals surface area contributed by atoms with E-state index in [4.69, 9.17) is 0 Å². The number of thiophene rings is 1. The first-order chi connectivity index (χ1) is 11.5. The molecule has 3 heterocycles. The highest BCUT2D eigenvalue weighted by Crippen LogP contribution is 2.23. The first kappa shape index (κ1) is 16.9. The summed E-state index contributed by atoms with van der Waals surface area (Å²) in [5.74, 6) is 0.136. The second kappa shape index (κ2) is 6.89. The van der Waals surface area contributed by atoms with Crippen LogP contribution in [-0.2, 0) is 11.3 Å². The van der Waals surface area contributed by atoms with Gasteiger partial charge in [0.05, 0.1) is 10.6 Å². The molecule has 1 aliphatic heterocycles. The van der Waals surface area contributed by atoms with Crippen molar-refractivity contribution in [3.8, 4) is 0 Å². The Morgan fingerprint density at radius 2 is 2.12 bits per heavy atom. The highest BCUT2D eigenvalue weighted by Gasteiger charge is 2.29. The van der Waals surface area contributed by atoms with Crippen molar-refractivity contribution < 1.29 is 9.59 Å². The molecule has 0 radical (unpaired) electrons. The van der Waals surface area contributed by atoms with Gasteiger partial charge in [0, 0.05) is 24.7 Å². The molecule has 2 aromatic rings. The minimum absolute atomic E-state index is 0.0456. The number of amides is 1. The molecule has 1 aliphatic rings. The highest BCUT2D eigenvalue weighted by atomic mass is 32.1.